The molecule has 0 saturated carbocycles. The maximum absolute atomic E-state index is 13.6. The number of piperidine rings is 1. The van der Waals surface area contributed by atoms with Crippen molar-refractivity contribution in [3.05, 3.63) is 101 Å². The maximum Gasteiger partial charge on any atom is 0.158 e. The minimum absolute atomic E-state index is 0.0973. The monoisotopic (exact) mass is 433 g/mol. The zero-order chi connectivity index (χ0) is 21.5. The van der Waals surface area contributed by atoms with Crippen molar-refractivity contribution in [1.82, 2.24) is 5.32 Å². The summed E-state index contributed by atoms with van der Waals surface area (Å²) in [5.41, 5.74) is 2.98. The van der Waals surface area contributed by atoms with E-state index < -0.39 is 11.2 Å². The lowest BCUT2D eigenvalue weighted by atomic mass is 9.73. The van der Waals surface area contributed by atoms with Crippen molar-refractivity contribution in [2.75, 3.05) is 0 Å². The summed E-state index contributed by atoms with van der Waals surface area (Å²) in [4.78, 5) is 14.3. The Kier molecular flexibility index (Phi) is 5.42. The van der Waals surface area contributed by atoms with Gasteiger partial charge in [0.25, 0.3) is 0 Å². The first-order valence-electron chi connectivity index (χ1n) is 10.6. The second kappa shape index (κ2) is 8.23. The molecule has 3 nitrogen and oxygen atoms in total. The Hall–Kier alpha value is -2.47. The first-order chi connectivity index (χ1) is 15.0. The molecule has 3 aromatic rings. The molecule has 1 N–H and O–H groups in total. The highest BCUT2D eigenvalue weighted by Crippen LogP contribution is 2.47. The highest BCUT2D eigenvalue weighted by molar-refractivity contribution is 7.92. The van der Waals surface area contributed by atoms with E-state index in [4.69, 9.17) is 0 Å². The maximum atomic E-state index is 13.6. The van der Waals surface area contributed by atoms with Gasteiger partial charge in [0.1, 0.15) is 11.1 Å². The van der Waals surface area contributed by atoms with Crippen LogP contribution in [0.15, 0.2) is 83.8 Å². The Bertz CT molecular complexity index is 1070. The predicted molar refractivity (Wildman–Crippen MR) is 120 cm³/mol. The number of benzene rings is 3. The highest BCUT2D eigenvalue weighted by Gasteiger charge is 2.56. The molecule has 2 saturated heterocycles. The number of carbonyl (C=O) groups excluding carboxylic acids is 1. The normalized spacial score (nSPS) is 28.5. The van der Waals surface area contributed by atoms with Gasteiger partial charge in [-0.2, -0.15) is 0 Å². The summed E-state index contributed by atoms with van der Waals surface area (Å²) < 4.78 is 27.2. The number of rotatable bonds is 4. The average Bonchev–Trinajstić information content (AvgIpc) is 3.18. The highest BCUT2D eigenvalue weighted by atomic mass is 32.2. The van der Waals surface area contributed by atoms with Crippen molar-refractivity contribution >= 4 is 17.0 Å². The van der Waals surface area contributed by atoms with Crippen LogP contribution in [-0.4, -0.2) is 27.7 Å². The van der Waals surface area contributed by atoms with Crippen LogP contribution >= 0.6 is 0 Å². The van der Waals surface area contributed by atoms with Crippen molar-refractivity contribution < 1.29 is 13.7 Å². The minimum atomic E-state index is -1.24. The van der Waals surface area contributed by atoms with E-state index in [1.807, 2.05) is 61.5 Å². The van der Waals surface area contributed by atoms with Gasteiger partial charge in [0.05, 0.1) is 18.0 Å². The van der Waals surface area contributed by atoms with E-state index in [2.05, 4.69) is 5.32 Å². The fourth-order valence-electron chi connectivity index (χ4n) is 5.11. The number of carbonyl (C=O) groups is 1. The molecule has 6 atom stereocenters. The Labute approximate surface area is 184 Å². The summed E-state index contributed by atoms with van der Waals surface area (Å²) in [5, 5.41) is 3.32. The van der Waals surface area contributed by atoms with E-state index in [0.29, 0.717) is 6.42 Å². The third kappa shape index (κ3) is 3.71. The van der Waals surface area contributed by atoms with Crippen LogP contribution in [0.4, 0.5) is 4.39 Å². The van der Waals surface area contributed by atoms with E-state index in [1.165, 1.54) is 12.1 Å². The van der Waals surface area contributed by atoms with Crippen molar-refractivity contribution in [3.63, 3.8) is 0 Å². The van der Waals surface area contributed by atoms with Crippen LogP contribution in [-0.2, 0) is 16.0 Å². The van der Waals surface area contributed by atoms with Crippen molar-refractivity contribution in [3.8, 4) is 0 Å². The molecule has 0 spiro atoms. The van der Waals surface area contributed by atoms with Gasteiger partial charge in [-0.05, 0) is 53.5 Å². The molecule has 4 unspecified atom stereocenters. The van der Waals surface area contributed by atoms with Gasteiger partial charge in [-0.15, -0.1) is 0 Å². The number of hydrogen-bond donors (Lipinski definition) is 1. The summed E-state index contributed by atoms with van der Waals surface area (Å²) >= 11 is -1.24. The lowest BCUT2D eigenvalue weighted by molar-refractivity contribution is -0.124. The first kappa shape index (κ1) is 20.4. The average molecular weight is 434 g/mol. The molecule has 31 heavy (non-hydrogen) atoms. The molecular weight excluding hydrogens is 409 g/mol. The van der Waals surface area contributed by atoms with Gasteiger partial charge in [0.2, 0.25) is 0 Å². The number of hydrogen-bond acceptors (Lipinski definition) is 3. The topological polar surface area (TPSA) is 52.2 Å². The molecule has 2 heterocycles. The summed E-state index contributed by atoms with van der Waals surface area (Å²) in [7, 11) is 0. The van der Waals surface area contributed by atoms with Crippen LogP contribution in [0.25, 0.3) is 0 Å². The standard InChI is InChI=1S/C26H24FNO2S/c1-16-7-13-20(14-8-16)31(30)22-15-21-26(29)24(18-9-11-19(27)12-10-18)23(25(22)28-21)17-5-3-2-4-6-17/h2-14,21-25,28H,15H2,1H3/t21-,22?,23?,24?,25-,31?/m0/s1. The van der Waals surface area contributed by atoms with Crippen molar-refractivity contribution in [2.24, 2.45) is 0 Å². The summed E-state index contributed by atoms with van der Waals surface area (Å²) in [6.07, 6.45) is 0.547. The van der Waals surface area contributed by atoms with Crippen LogP contribution in [0.5, 0.6) is 0 Å². The molecule has 5 rings (SSSR count). The number of Topliss-reactive ketones (excluding diaryl/α,β-unsaturated/α-hetero) is 1. The van der Waals surface area contributed by atoms with Gasteiger partial charge >= 0.3 is 0 Å². The molecule has 2 bridgehead atoms. The van der Waals surface area contributed by atoms with Crippen LogP contribution in [0.2, 0.25) is 0 Å². The Balaban J connectivity index is 1.57. The second-order valence-corrected chi connectivity index (χ2v) is 10.2. The molecule has 3 aromatic carbocycles. The third-order valence-electron chi connectivity index (χ3n) is 6.60. The van der Waals surface area contributed by atoms with E-state index in [-0.39, 0.29) is 40.8 Å². The second-order valence-electron chi connectivity index (χ2n) is 8.50. The van der Waals surface area contributed by atoms with E-state index in [0.717, 1.165) is 21.6 Å². The molecule has 2 aliphatic heterocycles. The zero-order valence-corrected chi connectivity index (χ0v) is 18.0. The van der Waals surface area contributed by atoms with Gasteiger partial charge in [-0.1, -0.05) is 60.2 Å². The number of halogens is 1. The smallest absolute Gasteiger partial charge is 0.158 e. The van der Waals surface area contributed by atoms with Crippen molar-refractivity contribution in [2.45, 2.75) is 47.4 Å². The number of nitrogens with one attached hydrogen (secondary N) is 1. The number of aryl methyl sites for hydroxylation is 1. The minimum Gasteiger partial charge on any atom is -0.611 e. The Morgan fingerprint density at radius 1 is 0.935 bits per heavy atom. The lowest BCUT2D eigenvalue weighted by Crippen LogP contribution is -2.52. The molecule has 2 aliphatic rings. The molecule has 0 amide bonds. The third-order valence-corrected chi connectivity index (χ3v) is 8.37. The number of fused-ring (bicyclic) bond motifs is 2. The molecule has 5 heteroatoms. The predicted octanol–water partition coefficient (Wildman–Crippen LogP) is 4.49. The Morgan fingerprint density at radius 3 is 2.29 bits per heavy atom. The van der Waals surface area contributed by atoms with E-state index in [1.54, 1.807) is 12.1 Å². The van der Waals surface area contributed by atoms with Gasteiger partial charge < -0.3 is 4.55 Å². The van der Waals surface area contributed by atoms with Gasteiger partial charge in [-0.25, -0.2) is 4.39 Å². The summed E-state index contributed by atoms with van der Waals surface area (Å²) in [6, 6.07) is 23.5. The fraction of sp³-hybridized carbons (Fsp3) is 0.269. The van der Waals surface area contributed by atoms with E-state index >= 15 is 0 Å². The summed E-state index contributed by atoms with van der Waals surface area (Å²) in [5.74, 6) is -0.778. The molecule has 158 valence electrons. The quantitative estimate of drug-likeness (QED) is 0.617. The first-order valence-corrected chi connectivity index (χ1v) is 11.8. The van der Waals surface area contributed by atoms with Crippen LogP contribution in [0.3, 0.4) is 0 Å². The molecule has 0 radical (unpaired) electrons. The Morgan fingerprint density at radius 2 is 1.61 bits per heavy atom. The number of ketones is 1. The van der Waals surface area contributed by atoms with Crippen LogP contribution in [0.1, 0.15) is 34.9 Å². The lowest BCUT2D eigenvalue weighted by Gasteiger charge is -2.38. The molecule has 0 aromatic heterocycles. The van der Waals surface area contributed by atoms with Crippen LogP contribution in [0, 0.1) is 12.7 Å². The van der Waals surface area contributed by atoms with Gasteiger partial charge in [-0.3, -0.25) is 10.1 Å². The van der Waals surface area contributed by atoms with Gasteiger partial charge in [0, 0.05) is 12.3 Å². The van der Waals surface area contributed by atoms with E-state index in [9.17, 15) is 13.7 Å². The SMILES string of the molecule is Cc1ccc([S+]([O-])C2C[C@@H]3N[C@@H]2C(c2ccccc2)C(c2ccc(F)cc2)C3=O)cc1. The van der Waals surface area contributed by atoms with Gasteiger partial charge in [0.15, 0.2) is 10.7 Å². The summed E-state index contributed by atoms with van der Waals surface area (Å²) in [6.45, 7) is 2.01. The molecule has 2 fully saturated rings. The van der Waals surface area contributed by atoms with Crippen molar-refractivity contribution in [1.29, 1.82) is 0 Å². The molecular formula is C26H24FNO2S. The largest absolute Gasteiger partial charge is 0.611 e. The van der Waals surface area contributed by atoms with Crippen LogP contribution < -0.4 is 5.32 Å². The fourth-order valence-corrected chi connectivity index (χ4v) is 6.74. The molecule has 0 aliphatic carbocycles. The zero-order valence-electron chi connectivity index (χ0n) is 17.2.